The summed E-state index contributed by atoms with van der Waals surface area (Å²) in [5.74, 6) is 0.263. The van der Waals surface area contributed by atoms with Gasteiger partial charge in [0.15, 0.2) is 11.0 Å². The van der Waals surface area contributed by atoms with E-state index in [1.807, 2.05) is 12.1 Å². The van der Waals surface area contributed by atoms with Gasteiger partial charge >= 0.3 is 6.18 Å². The largest absolute Gasteiger partial charge is 0.416 e. The number of anilines is 1. The average molecular weight is 351 g/mol. The van der Waals surface area contributed by atoms with Gasteiger partial charge in [0.25, 0.3) is 0 Å². The molecule has 3 rings (SSSR count). The van der Waals surface area contributed by atoms with E-state index in [4.69, 9.17) is 11.6 Å². The fraction of sp³-hybridized carbons (Fsp3) is 0.0625. The zero-order chi connectivity index (χ0) is 17.2. The van der Waals surface area contributed by atoms with Gasteiger partial charge in [0.2, 0.25) is 0 Å². The fourth-order valence-corrected chi connectivity index (χ4v) is 2.15. The first-order valence-electron chi connectivity index (χ1n) is 6.82. The topological polar surface area (TPSA) is 50.2 Å². The molecule has 1 aromatic heterocycles. The van der Waals surface area contributed by atoms with Crippen LogP contribution in [0.5, 0.6) is 0 Å². The molecule has 4 nitrogen and oxygen atoms in total. The van der Waals surface area contributed by atoms with E-state index >= 15 is 0 Å². The number of hydrogen-bond donors (Lipinski definition) is 1. The molecular weight excluding hydrogens is 341 g/mol. The molecule has 1 heterocycles. The van der Waals surface area contributed by atoms with Gasteiger partial charge in [-0.15, -0.1) is 0 Å². The number of alkyl halides is 3. The lowest BCUT2D eigenvalue weighted by atomic mass is 10.1. The van der Waals surface area contributed by atoms with Gasteiger partial charge in [0.05, 0.1) is 22.8 Å². The van der Waals surface area contributed by atoms with Gasteiger partial charge in [-0.2, -0.15) is 18.3 Å². The molecule has 0 saturated carbocycles. The Morgan fingerprint density at radius 1 is 0.958 bits per heavy atom. The van der Waals surface area contributed by atoms with Crippen molar-refractivity contribution in [2.75, 3.05) is 5.43 Å². The van der Waals surface area contributed by atoms with E-state index in [1.165, 1.54) is 18.3 Å². The van der Waals surface area contributed by atoms with Gasteiger partial charge in [0, 0.05) is 0 Å². The maximum absolute atomic E-state index is 12.5. The summed E-state index contributed by atoms with van der Waals surface area (Å²) in [7, 11) is 0. The number of rotatable bonds is 3. The van der Waals surface area contributed by atoms with Crippen LogP contribution in [0.15, 0.2) is 53.6 Å². The van der Waals surface area contributed by atoms with E-state index in [2.05, 4.69) is 20.5 Å². The van der Waals surface area contributed by atoms with Crippen molar-refractivity contribution in [2.45, 2.75) is 6.18 Å². The lowest BCUT2D eigenvalue weighted by molar-refractivity contribution is -0.137. The van der Waals surface area contributed by atoms with Crippen LogP contribution in [0.2, 0.25) is 5.15 Å². The number of para-hydroxylation sites is 2. The number of benzene rings is 2. The second-order valence-electron chi connectivity index (χ2n) is 4.84. The Labute approximate surface area is 140 Å². The molecular formula is C16H10ClF3N4. The molecule has 3 aromatic rings. The number of hydrogen-bond acceptors (Lipinski definition) is 4. The molecule has 2 aromatic carbocycles. The number of nitrogens with one attached hydrogen (secondary N) is 1. The average Bonchev–Trinajstić information content (AvgIpc) is 2.55. The van der Waals surface area contributed by atoms with Gasteiger partial charge in [-0.3, -0.25) is 5.43 Å². The molecule has 8 heteroatoms. The molecule has 0 spiro atoms. The third kappa shape index (κ3) is 3.62. The minimum absolute atomic E-state index is 0.151. The van der Waals surface area contributed by atoms with Crippen molar-refractivity contribution in [3.63, 3.8) is 0 Å². The van der Waals surface area contributed by atoms with Gasteiger partial charge < -0.3 is 0 Å². The Kier molecular flexibility index (Phi) is 4.35. The molecule has 0 aliphatic heterocycles. The molecule has 0 saturated heterocycles. The Bertz CT molecular complexity index is 892. The molecule has 0 aliphatic rings. The first-order valence-corrected chi connectivity index (χ1v) is 7.20. The number of nitrogens with zero attached hydrogens (tertiary/aromatic N) is 3. The maximum atomic E-state index is 12.5. The summed E-state index contributed by atoms with van der Waals surface area (Å²) >= 11 is 6.02. The molecule has 0 fully saturated rings. The van der Waals surface area contributed by atoms with E-state index in [1.54, 1.807) is 12.1 Å². The lowest BCUT2D eigenvalue weighted by Crippen LogP contribution is -2.04. The summed E-state index contributed by atoms with van der Waals surface area (Å²) in [6.07, 6.45) is -2.99. The summed E-state index contributed by atoms with van der Waals surface area (Å²) < 4.78 is 37.5. The first kappa shape index (κ1) is 16.2. The molecule has 1 N–H and O–H groups in total. The van der Waals surface area contributed by atoms with Crippen LogP contribution in [0.3, 0.4) is 0 Å². The summed E-state index contributed by atoms with van der Waals surface area (Å²) in [5.41, 5.74) is 3.73. The molecule has 0 atom stereocenters. The van der Waals surface area contributed by atoms with E-state index < -0.39 is 11.7 Å². The molecule has 0 radical (unpaired) electrons. The van der Waals surface area contributed by atoms with Crippen LogP contribution >= 0.6 is 11.6 Å². The maximum Gasteiger partial charge on any atom is 0.416 e. The lowest BCUT2D eigenvalue weighted by Gasteiger charge is -2.06. The highest BCUT2D eigenvalue weighted by Gasteiger charge is 2.29. The van der Waals surface area contributed by atoms with E-state index in [9.17, 15) is 13.2 Å². The van der Waals surface area contributed by atoms with Crippen LogP contribution < -0.4 is 5.43 Å². The quantitative estimate of drug-likeness (QED) is 0.548. The van der Waals surface area contributed by atoms with Crippen molar-refractivity contribution >= 4 is 34.7 Å². The zero-order valence-corrected chi connectivity index (χ0v) is 12.8. The molecule has 0 amide bonds. The van der Waals surface area contributed by atoms with E-state index in [-0.39, 0.29) is 11.0 Å². The predicted molar refractivity (Wildman–Crippen MR) is 87.2 cm³/mol. The summed E-state index contributed by atoms with van der Waals surface area (Å²) in [6.45, 7) is 0. The van der Waals surface area contributed by atoms with Crippen LogP contribution in [0.1, 0.15) is 11.1 Å². The van der Waals surface area contributed by atoms with Crippen molar-refractivity contribution in [3.05, 3.63) is 64.8 Å². The summed E-state index contributed by atoms with van der Waals surface area (Å²) in [5, 5.41) is 4.08. The molecule has 0 bridgehead atoms. The highest BCUT2D eigenvalue weighted by molar-refractivity contribution is 6.32. The number of halogens is 4. The smallest absolute Gasteiger partial charge is 0.259 e. The Hall–Kier alpha value is -2.67. The van der Waals surface area contributed by atoms with E-state index in [0.717, 1.165) is 12.1 Å². The highest BCUT2D eigenvalue weighted by atomic mass is 35.5. The van der Waals surface area contributed by atoms with Gasteiger partial charge in [-0.25, -0.2) is 9.97 Å². The fourth-order valence-electron chi connectivity index (χ4n) is 1.98. The normalized spacial score (nSPS) is 12.0. The van der Waals surface area contributed by atoms with Crippen LogP contribution in [0.4, 0.5) is 19.0 Å². The predicted octanol–water partition coefficient (Wildman–Crippen LogP) is 4.75. The van der Waals surface area contributed by atoms with Crippen molar-refractivity contribution < 1.29 is 13.2 Å². The third-order valence-corrected chi connectivity index (χ3v) is 3.41. The summed E-state index contributed by atoms with van der Waals surface area (Å²) in [6, 6.07) is 11.8. The van der Waals surface area contributed by atoms with Crippen LogP contribution in [-0.2, 0) is 6.18 Å². The summed E-state index contributed by atoms with van der Waals surface area (Å²) in [4.78, 5) is 8.47. The molecule has 0 aliphatic carbocycles. The van der Waals surface area contributed by atoms with Crippen LogP contribution in [0.25, 0.3) is 11.0 Å². The third-order valence-electron chi connectivity index (χ3n) is 3.15. The highest BCUT2D eigenvalue weighted by Crippen LogP contribution is 2.28. The Morgan fingerprint density at radius 3 is 2.21 bits per heavy atom. The van der Waals surface area contributed by atoms with Gasteiger partial charge in [-0.1, -0.05) is 35.9 Å². The molecule has 122 valence electrons. The second kappa shape index (κ2) is 6.45. The second-order valence-corrected chi connectivity index (χ2v) is 5.20. The van der Waals surface area contributed by atoms with Crippen molar-refractivity contribution in [3.8, 4) is 0 Å². The van der Waals surface area contributed by atoms with E-state index in [0.29, 0.717) is 16.6 Å². The zero-order valence-electron chi connectivity index (χ0n) is 12.0. The molecule has 24 heavy (non-hydrogen) atoms. The first-order chi connectivity index (χ1) is 11.4. The standard InChI is InChI=1S/C16H10ClF3N4/c17-14-15(23-13-4-2-1-3-12(13)22-14)24-21-9-10-5-7-11(8-6-10)16(18,19)20/h1-9H,(H,23,24)/b21-9+. The number of hydrazone groups is 1. The Morgan fingerprint density at radius 2 is 1.58 bits per heavy atom. The number of aromatic nitrogens is 2. The SMILES string of the molecule is FC(F)(F)c1ccc(/C=N/Nc2nc3ccccc3nc2Cl)cc1. The van der Waals surface area contributed by atoms with Gasteiger partial charge in [-0.05, 0) is 29.8 Å². The van der Waals surface area contributed by atoms with Gasteiger partial charge in [0.1, 0.15) is 0 Å². The van der Waals surface area contributed by atoms with Crippen molar-refractivity contribution in [2.24, 2.45) is 5.10 Å². The number of fused-ring (bicyclic) bond motifs is 1. The van der Waals surface area contributed by atoms with Crippen LogP contribution in [-0.4, -0.2) is 16.2 Å². The van der Waals surface area contributed by atoms with Crippen molar-refractivity contribution in [1.29, 1.82) is 0 Å². The minimum Gasteiger partial charge on any atom is -0.259 e. The monoisotopic (exact) mass is 350 g/mol. The van der Waals surface area contributed by atoms with Crippen molar-refractivity contribution in [1.82, 2.24) is 9.97 Å². The van der Waals surface area contributed by atoms with Crippen LogP contribution in [0, 0.1) is 0 Å². The minimum atomic E-state index is -4.36. The molecule has 0 unspecified atom stereocenters. The Balaban J connectivity index is 1.75.